The van der Waals surface area contributed by atoms with E-state index in [2.05, 4.69) is 6.58 Å². The van der Waals surface area contributed by atoms with Crippen LogP contribution in [0.1, 0.15) is 20.3 Å². The molecule has 0 rings (SSSR count). The van der Waals surface area contributed by atoms with E-state index in [4.69, 9.17) is 0 Å². The molecule has 0 aliphatic rings. The van der Waals surface area contributed by atoms with Crippen molar-refractivity contribution in [1.29, 1.82) is 0 Å². The topological polar surface area (TPSA) is 34.1 Å². The molecule has 0 N–H and O–H groups in total. The standard InChI is InChI=1S/2C4H6O/c1-4(2)3-5;1-2-3-4-5/h3H,1H2,2H3;3H,2H2,1H3. The Kier molecular flexibility index (Phi) is 12.5. The second kappa shape index (κ2) is 10.8. The average Bonchev–Trinajstić information content (AvgIpc) is 1.91. The van der Waals surface area contributed by atoms with Crippen LogP contribution in [0.15, 0.2) is 18.2 Å². The fourth-order valence-corrected chi connectivity index (χ4v) is 0.0833. The molecule has 0 amide bonds. The Morgan fingerprint density at radius 3 is 2.10 bits per heavy atom. The van der Waals surface area contributed by atoms with Gasteiger partial charge in [-0.1, -0.05) is 13.5 Å². The molecule has 0 aliphatic heterocycles. The van der Waals surface area contributed by atoms with E-state index < -0.39 is 0 Å². The Morgan fingerprint density at radius 2 is 2.10 bits per heavy atom. The molecule has 0 spiro atoms. The Balaban J connectivity index is 0. The maximum absolute atomic E-state index is 9.41. The maximum Gasteiger partial charge on any atom is 0.145 e. The first-order valence-electron chi connectivity index (χ1n) is 2.99. The number of hydrogen-bond acceptors (Lipinski definition) is 2. The molecular formula is C8H12O2. The summed E-state index contributed by atoms with van der Waals surface area (Å²) in [4.78, 5) is 18.6. The van der Waals surface area contributed by atoms with E-state index in [1.54, 1.807) is 12.9 Å². The van der Waals surface area contributed by atoms with Gasteiger partial charge in [0.05, 0.1) is 0 Å². The van der Waals surface area contributed by atoms with Crippen LogP contribution in [0.5, 0.6) is 0 Å². The van der Waals surface area contributed by atoms with Crippen molar-refractivity contribution in [2.75, 3.05) is 0 Å². The third kappa shape index (κ3) is 28.8. The van der Waals surface area contributed by atoms with E-state index in [9.17, 15) is 9.59 Å². The van der Waals surface area contributed by atoms with E-state index in [0.29, 0.717) is 5.57 Å². The normalized spacial score (nSPS) is 6.20. The highest BCUT2D eigenvalue weighted by Crippen LogP contribution is 1.71. The van der Waals surface area contributed by atoms with Gasteiger partial charge in [-0.25, -0.2) is 4.79 Å². The summed E-state index contributed by atoms with van der Waals surface area (Å²) in [5.41, 5.74) is 0.574. The molecule has 0 aliphatic carbocycles. The summed E-state index contributed by atoms with van der Waals surface area (Å²) < 4.78 is 0. The van der Waals surface area contributed by atoms with E-state index in [0.717, 1.165) is 12.7 Å². The average molecular weight is 140 g/mol. The number of allylic oxidation sites excluding steroid dienone is 2. The number of carbonyl (C=O) groups excluding carboxylic acids is 2. The Labute approximate surface area is 61.2 Å². The summed E-state index contributed by atoms with van der Waals surface area (Å²) in [6.07, 6.45) is 2.96. The first-order valence-corrected chi connectivity index (χ1v) is 2.99. The van der Waals surface area contributed by atoms with E-state index >= 15 is 0 Å². The molecule has 56 valence electrons. The lowest BCUT2D eigenvalue weighted by Crippen LogP contribution is -1.65. The fourth-order valence-electron chi connectivity index (χ4n) is 0.0833. The number of carbonyl (C=O) groups is 1. The largest absolute Gasteiger partial charge is 0.298 e. The lowest BCUT2D eigenvalue weighted by atomic mass is 10.4. The highest BCUT2D eigenvalue weighted by molar-refractivity contribution is 5.70. The van der Waals surface area contributed by atoms with Crippen molar-refractivity contribution in [3.05, 3.63) is 18.2 Å². The first kappa shape index (κ1) is 11.6. The molecule has 0 fully saturated rings. The highest BCUT2D eigenvalue weighted by Gasteiger charge is 1.66. The van der Waals surface area contributed by atoms with Crippen molar-refractivity contribution >= 4 is 12.2 Å². The smallest absolute Gasteiger partial charge is 0.145 e. The number of hydrogen-bond donors (Lipinski definition) is 0. The molecule has 0 saturated carbocycles. The van der Waals surface area contributed by atoms with Crippen molar-refractivity contribution in [1.82, 2.24) is 0 Å². The summed E-state index contributed by atoms with van der Waals surface area (Å²) in [5, 5.41) is 0. The molecule has 2 nitrogen and oxygen atoms in total. The predicted octanol–water partition coefficient (Wildman–Crippen LogP) is 1.55. The van der Waals surface area contributed by atoms with E-state index in [-0.39, 0.29) is 0 Å². The predicted molar refractivity (Wildman–Crippen MR) is 41.4 cm³/mol. The van der Waals surface area contributed by atoms with Crippen molar-refractivity contribution in [3.8, 4) is 0 Å². The van der Waals surface area contributed by atoms with Crippen LogP contribution in [0, 0.1) is 0 Å². The molecule has 2 heteroatoms. The van der Waals surface area contributed by atoms with Crippen molar-refractivity contribution < 1.29 is 9.59 Å². The zero-order chi connectivity index (χ0) is 8.41. The van der Waals surface area contributed by atoms with Crippen molar-refractivity contribution in [2.45, 2.75) is 20.3 Å². The molecule has 0 heterocycles. The Hall–Kier alpha value is -1.14. The summed E-state index contributed by atoms with van der Waals surface area (Å²) in [6, 6.07) is 0. The molecule has 0 unspecified atom stereocenters. The zero-order valence-corrected chi connectivity index (χ0v) is 6.39. The van der Waals surface area contributed by atoms with Gasteiger partial charge in [-0.3, -0.25) is 4.79 Å². The van der Waals surface area contributed by atoms with Gasteiger partial charge >= 0.3 is 0 Å². The highest BCUT2D eigenvalue weighted by atomic mass is 16.1. The summed E-state index contributed by atoms with van der Waals surface area (Å²) in [5.74, 6) is 1.64. The van der Waals surface area contributed by atoms with Gasteiger partial charge in [0.15, 0.2) is 0 Å². The van der Waals surface area contributed by atoms with Crippen LogP contribution in [-0.4, -0.2) is 12.2 Å². The Bertz CT molecular complexity index is 141. The van der Waals surface area contributed by atoms with Gasteiger partial charge in [0, 0.05) is 0 Å². The molecule has 0 radical (unpaired) electrons. The molecule has 0 bridgehead atoms. The van der Waals surface area contributed by atoms with Crippen LogP contribution < -0.4 is 0 Å². The van der Waals surface area contributed by atoms with Crippen LogP contribution in [0.2, 0.25) is 0 Å². The van der Waals surface area contributed by atoms with E-state index in [1.165, 1.54) is 6.08 Å². The first-order chi connectivity index (χ1) is 4.68. The lowest BCUT2D eigenvalue weighted by Gasteiger charge is -1.65. The number of aldehydes is 1. The fraction of sp³-hybridized carbons (Fsp3) is 0.375. The van der Waals surface area contributed by atoms with E-state index in [1.807, 2.05) is 6.92 Å². The third-order valence-corrected chi connectivity index (χ3v) is 0.489. The quantitative estimate of drug-likeness (QED) is 0.331. The van der Waals surface area contributed by atoms with Crippen molar-refractivity contribution in [2.24, 2.45) is 0 Å². The molecule has 0 saturated heterocycles. The zero-order valence-electron chi connectivity index (χ0n) is 6.39. The van der Waals surface area contributed by atoms with Gasteiger partial charge < -0.3 is 0 Å². The lowest BCUT2D eigenvalue weighted by molar-refractivity contribution is -0.104. The minimum atomic E-state index is 0.574. The minimum absolute atomic E-state index is 0.574. The number of rotatable bonds is 2. The molecule has 10 heavy (non-hydrogen) atoms. The van der Waals surface area contributed by atoms with Gasteiger partial charge in [0.2, 0.25) is 0 Å². The SMILES string of the molecule is C=C(C)C=O.CCC=C=O. The monoisotopic (exact) mass is 140 g/mol. The molecular weight excluding hydrogens is 128 g/mol. The van der Waals surface area contributed by atoms with Crippen LogP contribution in [0.3, 0.4) is 0 Å². The second-order valence-electron chi connectivity index (χ2n) is 1.69. The maximum atomic E-state index is 9.41. The summed E-state index contributed by atoms with van der Waals surface area (Å²) in [7, 11) is 0. The van der Waals surface area contributed by atoms with Gasteiger partial charge in [0.1, 0.15) is 12.2 Å². The molecule has 0 atom stereocenters. The minimum Gasteiger partial charge on any atom is -0.298 e. The third-order valence-electron chi connectivity index (χ3n) is 0.489. The Morgan fingerprint density at radius 1 is 1.70 bits per heavy atom. The second-order valence-corrected chi connectivity index (χ2v) is 1.69. The van der Waals surface area contributed by atoms with Gasteiger partial charge in [-0.05, 0) is 25.0 Å². The van der Waals surface area contributed by atoms with Crippen LogP contribution >= 0.6 is 0 Å². The van der Waals surface area contributed by atoms with Crippen LogP contribution in [0.25, 0.3) is 0 Å². The summed E-state index contributed by atoms with van der Waals surface area (Å²) in [6.45, 7) is 6.86. The van der Waals surface area contributed by atoms with Gasteiger partial charge in [0.25, 0.3) is 0 Å². The van der Waals surface area contributed by atoms with Crippen molar-refractivity contribution in [3.63, 3.8) is 0 Å². The molecule has 0 aromatic heterocycles. The van der Waals surface area contributed by atoms with Gasteiger partial charge in [-0.2, -0.15) is 0 Å². The van der Waals surface area contributed by atoms with Crippen LogP contribution in [0.4, 0.5) is 0 Å². The van der Waals surface area contributed by atoms with Crippen LogP contribution in [-0.2, 0) is 9.59 Å². The molecule has 0 aromatic carbocycles. The molecule has 0 aromatic rings. The van der Waals surface area contributed by atoms with Gasteiger partial charge in [-0.15, -0.1) is 0 Å². The summed E-state index contributed by atoms with van der Waals surface area (Å²) >= 11 is 0.